The van der Waals surface area contributed by atoms with E-state index in [4.69, 9.17) is 0 Å². The van der Waals surface area contributed by atoms with Gasteiger partial charge < -0.3 is 4.79 Å². The molecule has 96 valence electrons. The number of amides is 1. The van der Waals surface area contributed by atoms with Gasteiger partial charge in [0.1, 0.15) is 6.29 Å². The van der Waals surface area contributed by atoms with Gasteiger partial charge in [-0.05, 0) is 5.56 Å². The molecule has 0 atom stereocenters. The van der Waals surface area contributed by atoms with Crippen molar-refractivity contribution in [1.29, 1.82) is 0 Å². The average molecular weight is 255 g/mol. The average Bonchev–Trinajstić information content (AvgIpc) is 2.47. The zero-order valence-electron chi connectivity index (χ0n) is 10.2. The molecule has 0 bridgehead atoms. The van der Waals surface area contributed by atoms with Gasteiger partial charge in [0.25, 0.3) is 0 Å². The van der Waals surface area contributed by atoms with Gasteiger partial charge in [-0.25, -0.2) is 9.97 Å². The van der Waals surface area contributed by atoms with Crippen LogP contribution in [0.5, 0.6) is 0 Å². The van der Waals surface area contributed by atoms with Crippen molar-refractivity contribution < 1.29 is 9.59 Å². The van der Waals surface area contributed by atoms with Crippen molar-refractivity contribution in [3.8, 4) is 11.1 Å². The van der Waals surface area contributed by atoms with Crippen LogP contribution < -0.4 is 5.32 Å². The summed E-state index contributed by atoms with van der Waals surface area (Å²) >= 11 is 0. The Kier molecular flexibility index (Phi) is 4.34. The van der Waals surface area contributed by atoms with Gasteiger partial charge in [0, 0.05) is 30.8 Å². The third-order valence-electron chi connectivity index (χ3n) is 2.50. The predicted octanol–water partition coefficient (Wildman–Crippen LogP) is 2.06. The lowest BCUT2D eigenvalue weighted by molar-refractivity contribution is -0.118. The molecule has 19 heavy (non-hydrogen) atoms. The summed E-state index contributed by atoms with van der Waals surface area (Å²) in [5.74, 6) is -0.0184. The minimum atomic E-state index is -0.264. The van der Waals surface area contributed by atoms with Crippen molar-refractivity contribution in [3.05, 3.63) is 42.7 Å². The van der Waals surface area contributed by atoms with Crippen LogP contribution in [0.25, 0.3) is 11.1 Å². The Labute approximate surface area is 110 Å². The van der Waals surface area contributed by atoms with E-state index >= 15 is 0 Å². The summed E-state index contributed by atoms with van der Waals surface area (Å²) in [6.07, 6.45) is 4.36. The molecule has 1 aromatic carbocycles. The fourth-order valence-corrected chi connectivity index (χ4v) is 1.55. The number of anilines is 1. The fourth-order valence-electron chi connectivity index (χ4n) is 1.55. The second kappa shape index (κ2) is 6.39. The predicted molar refractivity (Wildman–Crippen MR) is 71.4 cm³/mol. The lowest BCUT2D eigenvalue weighted by Crippen LogP contribution is -2.13. The molecule has 0 saturated heterocycles. The Morgan fingerprint density at radius 1 is 1.11 bits per heavy atom. The summed E-state index contributed by atoms with van der Waals surface area (Å²) < 4.78 is 0. The molecule has 0 aliphatic heterocycles. The number of benzene rings is 1. The van der Waals surface area contributed by atoms with Crippen LogP contribution >= 0.6 is 0 Å². The molecule has 0 saturated carbocycles. The van der Waals surface area contributed by atoms with Crippen molar-refractivity contribution >= 4 is 18.1 Å². The molecule has 0 spiro atoms. The van der Waals surface area contributed by atoms with Crippen LogP contribution in [0.2, 0.25) is 0 Å². The molecule has 1 N–H and O–H groups in total. The highest BCUT2D eigenvalue weighted by molar-refractivity contribution is 5.90. The SMILES string of the molecule is O=CCCC(=O)Nc1ncc(-c2ccccc2)cn1. The molecule has 0 aliphatic rings. The molecule has 5 heteroatoms. The summed E-state index contributed by atoms with van der Waals surface area (Å²) in [5, 5.41) is 2.54. The molecular weight excluding hydrogens is 242 g/mol. The maximum atomic E-state index is 11.4. The molecule has 2 rings (SSSR count). The fraction of sp³-hybridized carbons (Fsp3) is 0.143. The van der Waals surface area contributed by atoms with Gasteiger partial charge in [-0.2, -0.15) is 0 Å². The second-order valence-corrected chi connectivity index (χ2v) is 3.91. The van der Waals surface area contributed by atoms with Crippen LogP contribution in [-0.4, -0.2) is 22.2 Å². The van der Waals surface area contributed by atoms with Gasteiger partial charge in [0.05, 0.1) is 0 Å². The molecular formula is C14H13N3O2. The van der Waals surface area contributed by atoms with E-state index < -0.39 is 0 Å². The summed E-state index contributed by atoms with van der Waals surface area (Å²) in [4.78, 5) is 29.7. The standard InChI is InChI=1S/C14H13N3O2/c18-8-4-7-13(19)17-14-15-9-12(10-16-14)11-5-2-1-3-6-11/h1-3,5-6,8-10H,4,7H2,(H,15,16,17,19). The second-order valence-electron chi connectivity index (χ2n) is 3.91. The summed E-state index contributed by atoms with van der Waals surface area (Å²) in [6.45, 7) is 0. The summed E-state index contributed by atoms with van der Waals surface area (Å²) in [5.41, 5.74) is 1.90. The summed E-state index contributed by atoms with van der Waals surface area (Å²) in [6, 6.07) is 9.73. The topological polar surface area (TPSA) is 72.0 Å². The number of nitrogens with one attached hydrogen (secondary N) is 1. The van der Waals surface area contributed by atoms with Gasteiger partial charge in [0.15, 0.2) is 0 Å². The number of aldehydes is 1. The van der Waals surface area contributed by atoms with Crippen molar-refractivity contribution in [2.45, 2.75) is 12.8 Å². The van der Waals surface area contributed by atoms with Crippen molar-refractivity contribution in [2.24, 2.45) is 0 Å². The number of carbonyl (C=O) groups is 2. The first kappa shape index (κ1) is 12.9. The Morgan fingerprint density at radius 3 is 2.42 bits per heavy atom. The van der Waals surface area contributed by atoms with Gasteiger partial charge in [-0.15, -0.1) is 0 Å². The zero-order valence-corrected chi connectivity index (χ0v) is 10.2. The van der Waals surface area contributed by atoms with Crippen molar-refractivity contribution in [3.63, 3.8) is 0 Å². The third kappa shape index (κ3) is 3.70. The molecule has 0 fully saturated rings. The van der Waals surface area contributed by atoms with Gasteiger partial charge >= 0.3 is 0 Å². The first-order valence-corrected chi connectivity index (χ1v) is 5.90. The number of hydrogen-bond donors (Lipinski definition) is 1. The van der Waals surface area contributed by atoms with Gasteiger partial charge in [-0.1, -0.05) is 30.3 Å². The van der Waals surface area contributed by atoms with Crippen molar-refractivity contribution in [2.75, 3.05) is 5.32 Å². The van der Waals surface area contributed by atoms with E-state index in [0.29, 0.717) is 6.29 Å². The zero-order chi connectivity index (χ0) is 13.5. The molecule has 1 amide bonds. The van der Waals surface area contributed by atoms with Crippen molar-refractivity contribution in [1.82, 2.24) is 9.97 Å². The largest absolute Gasteiger partial charge is 0.303 e. The first-order chi connectivity index (χ1) is 9.29. The number of rotatable bonds is 5. The van der Waals surface area contributed by atoms with Crippen LogP contribution in [0.4, 0.5) is 5.95 Å². The normalized spacial score (nSPS) is 9.89. The van der Waals surface area contributed by atoms with Gasteiger partial charge in [0.2, 0.25) is 11.9 Å². The van der Waals surface area contributed by atoms with E-state index in [1.54, 1.807) is 12.4 Å². The molecule has 0 aliphatic carbocycles. The van der Waals surface area contributed by atoms with Crippen LogP contribution in [-0.2, 0) is 9.59 Å². The molecule has 1 aromatic heterocycles. The van der Waals surface area contributed by atoms with E-state index in [-0.39, 0.29) is 24.7 Å². The van der Waals surface area contributed by atoms with Crippen LogP contribution in [0.3, 0.4) is 0 Å². The van der Waals surface area contributed by atoms with Crippen LogP contribution in [0.1, 0.15) is 12.8 Å². The Morgan fingerprint density at radius 2 is 1.79 bits per heavy atom. The maximum absolute atomic E-state index is 11.4. The molecule has 2 aromatic rings. The lowest BCUT2D eigenvalue weighted by Gasteiger charge is -2.04. The lowest BCUT2D eigenvalue weighted by atomic mass is 10.1. The number of nitrogens with zero attached hydrogens (tertiary/aromatic N) is 2. The Hall–Kier alpha value is -2.56. The van der Waals surface area contributed by atoms with Gasteiger partial charge in [-0.3, -0.25) is 10.1 Å². The highest BCUT2D eigenvalue weighted by atomic mass is 16.2. The van der Waals surface area contributed by atoms with Crippen LogP contribution in [0, 0.1) is 0 Å². The third-order valence-corrected chi connectivity index (χ3v) is 2.50. The first-order valence-electron chi connectivity index (χ1n) is 5.90. The minimum absolute atomic E-state index is 0.146. The van der Waals surface area contributed by atoms with E-state index in [1.807, 2.05) is 30.3 Å². The quantitative estimate of drug-likeness (QED) is 0.830. The highest BCUT2D eigenvalue weighted by Crippen LogP contribution is 2.17. The smallest absolute Gasteiger partial charge is 0.229 e. The summed E-state index contributed by atoms with van der Waals surface area (Å²) in [7, 11) is 0. The minimum Gasteiger partial charge on any atom is -0.303 e. The molecule has 0 radical (unpaired) electrons. The van der Waals surface area contributed by atoms with E-state index in [2.05, 4.69) is 15.3 Å². The number of carbonyl (C=O) groups excluding carboxylic acids is 2. The van der Waals surface area contributed by atoms with E-state index in [0.717, 1.165) is 11.1 Å². The molecule has 5 nitrogen and oxygen atoms in total. The van der Waals surface area contributed by atoms with E-state index in [1.165, 1.54) is 0 Å². The molecule has 0 unspecified atom stereocenters. The number of aromatic nitrogens is 2. The molecule has 1 heterocycles. The highest BCUT2D eigenvalue weighted by Gasteiger charge is 2.04. The monoisotopic (exact) mass is 255 g/mol. The van der Waals surface area contributed by atoms with Crippen LogP contribution in [0.15, 0.2) is 42.7 Å². The maximum Gasteiger partial charge on any atom is 0.229 e. The Bertz CT molecular complexity index is 553. The number of hydrogen-bond acceptors (Lipinski definition) is 4. The Balaban J connectivity index is 2.03. The van der Waals surface area contributed by atoms with E-state index in [9.17, 15) is 9.59 Å².